The summed E-state index contributed by atoms with van der Waals surface area (Å²) in [4.78, 5) is 34.8. The molecule has 0 spiro atoms. The number of aromatic nitrogens is 2. The van der Waals surface area contributed by atoms with Crippen LogP contribution in [0.1, 0.15) is 40.4 Å². The number of nitrogens with one attached hydrogen (secondary N) is 1. The molecule has 2 bridgehead atoms. The molecule has 2 aromatic heterocycles. The predicted molar refractivity (Wildman–Crippen MR) is 114 cm³/mol. The van der Waals surface area contributed by atoms with Crippen molar-refractivity contribution in [2.24, 2.45) is 5.92 Å². The maximum absolute atomic E-state index is 13.2. The van der Waals surface area contributed by atoms with Gasteiger partial charge in [-0.15, -0.1) is 0 Å². The third kappa shape index (κ3) is 3.79. The van der Waals surface area contributed by atoms with Gasteiger partial charge in [0.1, 0.15) is 5.56 Å². The summed E-state index contributed by atoms with van der Waals surface area (Å²) in [5.41, 5.74) is 2.54. The van der Waals surface area contributed by atoms with Crippen molar-refractivity contribution in [2.45, 2.75) is 31.8 Å². The van der Waals surface area contributed by atoms with Crippen LogP contribution >= 0.6 is 0 Å². The van der Waals surface area contributed by atoms with Crippen molar-refractivity contribution in [3.05, 3.63) is 63.8 Å². The number of pyridine rings is 2. The molecular formula is C23H29N5O2. The van der Waals surface area contributed by atoms with Crippen LogP contribution in [0.2, 0.25) is 0 Å². The van der Waals surface area contributed by atoms with Crippen LogP contribution in [0.5, 0.6) is 0 Å². The Bertz CT molecular complexity index is 973. The third-order valence-electron chi connectivity index (χ3n) is 6.77. The molecule has 5 rings (SSSR count). The predicted octanol–water partition coefficient (Wildman–Crippen LogP) is 1.30. The van der Waals surface area contributed by atoms with E-state index in [1.165, 1.54) is 5.56 Å². The fourth-order valence-corrected chi connectivity index (χ4v) is 5.20. The SMILES string of the molecule is O=C(c1ccc2n(c1=O)C[C@@H]1CNC[C@H]2C1)N1CCCN(Cc2ccncc2)CC1. The molecule has 1 N–H and O–H groups in total. The Labute approximate surface area is 176 Å². The molecule has 0 unspecified atom stereocenters. The van der Waals surface area contributed by atoms with E-state index in [-0.39, 0.29) is 11.5 Å². The lowest BCUT2D eigenvalue weighted by atomic mass is 9.84. The first kappa shape index (κ1) is 19.5. The molecule has 3 aliphatic rings. The molecule has 0 saturated carbocycles. The minimum atomic E-state index is -0.116. The van der Waals surface area contributed by atoms with Gasteiger partial charge in [0.15, 0.2) is 0 Å². The Hall–Kier alpha value is -2.51. The van der Waals surface area contributed by atoms with E-state index in [0.29, 0.717) is 30.5 Å². The van der Waals surface area contributed by atoms with Gasteiger partial charge in [-0.05, 0) is 55.1 Å². The number of rotatable bonds is 3. The Morgan fingerprint density at radius 3 is 2.80 bits per heavy atom. The fourth-order valence-electron chi connectivity index (χ4n) is 5.20. The summed E-state index contributed by atoms with van der Waals surface area (Å²) in [6.45, 7) is 6.58. The van der Waals surface area contributed by atoms with Crippen LogP contribution in [0.3, 0.4) is 0 Å². The standard InChI is InChI=1S/C23H29N5O2/c29-22(27-9-1-8-26(10-11-27)15-17-4-6-24-7-5-17)20-2-3-21-19-12-18(13-25-14-19)16-28(21)23(20)30/h2-7,18-19,25H,1,8-16H2/t18-,19+/m0/s1. The highest BCUT2D eigenvalue weighted by molar-refractivity contribution is 5.94. The lowest BCUT2D eigenvalue weighted by molar-refractivity contribution is 0.0758. The summed E-state index contributed by atoms with van der Waals surface area (Å²) in [5.74, 6) is 0.753. The molecule has 158 valence electrons. The van der Waals surface area contributed by atoms with Gasteiger partial charge in [-0.1, -0.05) is 0 Å². The Morgan fingerprint density at radius 1 is 1.07 bits per heavy atom. The molecule has 0 aromatic carbocycles. The van der Waals surface area contributed by atoms with Crippen molar-refractivity contribution in [3.8, 4) is 0 Å². The smallest absolute Gasteiger partial charge is 0.263 e. The molecule has 2 aromatic rings. The number of hydrogen-bond acceptors (Lipinski definition) is 5. The zero-order valence-corrected chi connectivity index (χ0v) is 17.3. The van der Waals surface area contributed by atoms with Crippen molar-refractivity contribution >= 4 is 5.91 Å². The summed E-state index contributed by atoms with van der Waals surface area (Å²) in [5, 5.41) is 3.47. The van der Waals surface area contributed by atoms with E-state index >= 15 is 0 Å². The Balaban J connectivity index is 1.30. The van der Waals surface area contributed by atoms with Gasteiger partial charge in [0.25, 0.3) is 11.5 Å². The Morgan fingerprint density at radius 2 is 1.93 bits per heavy atom. The normalized spacial score (nSPS) is 24.2. The number of hydrogen-bond donors (Lipinski definition) is 1. The highest BCUT2D eigenvalue weighted by atomic mass is 16.2. The molecule has 0 aliphatic carbocycles. The van der Waals surface area contributed by atoms with Crippen molar-refractivity contribution in [1.82, 2.24) is 24.7 Å². The van der Waals surface area contributed by atoms with Crippen LogP contribution in [0.4, 0.5) is 0 Å². The molecule has 3 aliphatic heterocycles. The van der Waals surface area contributed by atoms with Crippen LogP contribution in [-0.4, -0.2) is 64.5 Å². The summed E-state index contributed by atoms with van der Waals surface area (Å²) in [6.07, 6.45) is 5.69. The van der Waals surface area contributed by atoms with Crippen molar-refractivity contribution in [1.29, 1.82) is 0 Å². The molecule has 2 fully saturated rings. The maximum Gasteiger partial charge on any atom is 0.263 e. The Kier molecular flexibility index (Phi) is 5.39. The number of carbonyl (C=O) groups is 1. The quantitative estimate of drug-likeness (QED) is 0.831. The number of piperidine rings is 1. The number of fused-ring (bicyclic) bond motifs is 4. The van der Waals surface area contributed by atoms with E-state index in [1.807, 2.05) is 40.1 Å². The van der Waals surface area contributed by atoms with Gasteiger partial charge in [-0.3, -0.25) is 19.5 Å². The van der Waals surface area contributed by atoms with Gasteiger partial charge in [0.2, 0.25) is 0 Å². The van der Waals surface area contributed by atoms with Gasteiger partial charge in [0.05, 0.1) is 0 Å². The van der Waals surface area contributed by atoms with E-state index in [4.69, 9.17) is 0 Å². The lowest BCUT2D eigenvalue weighted by Crippen LogP contribution is -2.46. The highest BCUT2D eigenvalue weighted by Crippen LogP contribution is 2.31. The third-order valence-corrected chi connectivity index (χ3v) is 6.77. The molecule has 7 heteroatoms. The molecule has 2 atom stereocenters. The second-order valence-electron chi connectivity index (χ2n) is 8.82. The lowest BCUT2D eigenvalue weighted by Gasteiger charge is -2.37. The highest BCUT2D eigenvalue weighted by Gasteiger charge is 2.32. The number of amides is 1. The van der Waals surface area contributed by atoms with Crippen LogP contribution in [0.15, 0.2) is 41.5 Å². The molecule has 30 heavy (non-hydrogen) atoms. The van der Waals surface area contributed by atoms with E-state index in [1.54, 1.807) is 6.07 Å². The summed E-state index contributed by atoms with van der Waals surface area (Å²) < 4.78 is 1.88. The van der Waals surface area contributed by atoms with Crippen LogP contribution < -0.4 is 10.9 Å². The van der Waals surface area contributed by atoms with E-state index in [2.05, 4.69) is 15.2 Å². The van der Waals surface area contributed by atoms with Crippen molar-refractivity contribution in [2.75, 3.05) is 39.3 Å². The van der Waals surface area contributed by atoms with Gasteiger partial charge in [0, 0.05) is 69.8 Å². The van der Waals surface area contributed by atoms with Crippen LogP contribution in [0.25, 0.3) is 0 Å². The zero-order valence-electron chi connectivity index (χ0n) is 17.3. The van der Waals surface area contributed by atoms with Crippen molar-refractivity contribution < 1.29 is 4.79 Å². The fraction of sp³-hybridized carbons (Fsp3) is 0.522. The number of carbonyl (C=O) groups excluding carboxylic acids is 1. The topological polar surface area (TPSA) is 70.5 Å². The van der Waals surface area contributed by atoms with E-state index in [0.717, 1.165) is 57.8 Å². The number of nitrogens with zero attached hydrogens (tertiary/aromatic N) is 4. The average Bonchev–Trinajstić information content (AvgIpc) is 3.01. The first-order valence-corrected chi connectivity index (χ1v) is 11.0. The molecule has 5 heterocycles. The van der Waals surface area contributed by atoms with Crippen LogP contribution in [0, 0.1) is 5.92 Å². The average molecular weight is 408 g/mol. The van der Waals surface area contributed by atoms with Crippen molar-refractivity contribution in [3.63, 3.8) is 0 Å². The van der Waals surface area contributed by atoms with Gasteiger partial charge in [-0.2, -0.15) is 0 Å². The summed E-state index contributed by atoms with van der Waals surface area (Å²) in [6, 6.07) is 7.85. The molecular weight excluding hydrogens is 378 g/mol. The summed E-state index contributed by atoms with van der Waals surface area (Å²) >= 11 is 0. The van der Waals surface area contributed by atoms with E-state index < -0.39 is 0 Å². The maximum atomic E-state index is 13.2. The minimum Gasteiger partial charge on any atom is -0.337 e. The molecule has 1 amide bonds. The second kappa shape index (κ2) is 8.32. The zero-order chi connectivity index (χ0) is 20.5. The molecule has 7 nitrogen and oxygen atoms in total. The van der Waals surface area contributed by atoms with Gasteiger partial charge >= 0.3 is 0 Å². The first-order chi connectivity index (χ1) is 14.7. The van der Waals surface area contributed by atoms with Gasteiger partial charge < -0.3 is 14.8 Å². The van der Waals surface area contributed by atoms with E-state index in [9.17, 15) is 9.59 Å². The summed E-state index contributed by atoms with van der Waals surface area (Å²) in [7, 11) is 0. The molecule has 0 radical (unpaired) electrons. The second-order valence-corrected chi connectivity index (χ2v) is 8.82. The van der Waals surface area contributed by atoms with Gasteiger partial charge in [-0.25, -0.2) is 0 Å². The van der Waals surface area contributed by atoms with Crippen LogP contribution in [-0.2, 0) is 13.1 Å². The first-order valence-electron chi connectivity index (χ1n) is 11.0. The molecule has 2 saturated heterocycles. The monoisotopic (exact) mass is 407 g/mol. The largest absolute Gasteiger partial charge is 0.337 e. The minimum absolute atomic E-state index is 0.105.